The Morgan fingerprint density at radius 3 is 2.33 bits per heavy atom. The molecule has 2 N–H and O–H groups in total. The third-order valence-corrected chi connectivity index (χ3v) is 5.42. The van der Waals surface area contributed by atoms with Gasteiger partial charge in [0, 0.05) is 19.1 Å². The Kier molecular flexibility index (Phi) is 3.93. The lowest BCUT2D eigenvalue weighted by molar-refractivity contribution is -0.149. The minimum absolute atomic E-state index is 0.120. The molecular weight excluding hydrogens is 281 g/mol. The maximum absolute atomic E-state index is 12.7. The highest BCUT2D eigenvalue weighted by molar-refractivity contribution is 5.80. The van der Waals surface area contributed by atoms with Gasteiger partial charge in [0.05, 0.1) is 12.3 Å². The monoisotopic (exact) mass is 304 g/mol. The predicted octanol–water partition coefficient (Wildman–Crippen LogP) is 2.55. The van der Waals surface area contributed by atoms with Gasteiger partial charge >= 0.3 is 6.18 Å². The SMILES string of the molecule is N[C@@H]1[C@H]2CC[C@@H](C2)[C@@H]1C(=O)N(CCC(F)(F)F)CC1CC1. The van der Waals surface area contributed by atoms with Crippen LogP contribution in [0.3, 0.4) is 0 Å². The number of fused-ring (bicyclic) bond motifs is 2. The molecular formula is C15H23F3N2O. The molecule has 3 rings (SSSR count). The third kappa shape index (κ3) is 3.35. The van der Waals surface area contributed by atoms with Gasteiger partial charge in [-0.05, 0) is 49.9 Å². The molecule has 4 atom stereocenters. The normalized spacial score (nSPS) is 35.2. The van der Waals surface area contributed by atoms with E-state index >= 15 is 0 Å². The molecule has 0 aromatic heterocycles. The van der Waals surface area contributed by atoms with Gasteiger partial charge in [0.15, 0.2) is 0 Å². The second-order valence-electron chi connectivity index (χ2n) is 7.03. The first-order valence-electron chi connectivity index (χ1n) is 7.96. The number of carbonyl (C=O) groups excluding carboxylic acids is 1. The lowest BCUT2D eigenvalue weighted by Crippen LogP contribution is -2.48. The lowest BCUT2D eigenvalue weighted by Gasteiger charge is -2.33. The fraction of sp³-hybridized carbons (Fsp3) is 0.933. The molecule has 2 bridgehead atoms. The number of halogens is 3. The second kappa shape index (κ2) is 5.45. The van der Waals surface area contributed by atoms with E-state index in [9.17, 15) is 18.0 Å². The van der Waals surface area contributed by atoms with Crippen molar-refractivity contribution in [2.45, 2.75) is 50.7 Å². The van der Waals surface area contributed by atoms with Crippen LogP contribution in [0.5, 0.6) is 0 Å². The van der Waals surface area contributed by atoms with Crippen molar-refractivity contribution in [3.05, 3.63) is 0 Å². The van der Waals surface area contributed by atoms with Gasteiger partial charge in [-0.1, -0.05) is 0 Å². The summed E-state index contributed by atoms with van der Waals surface area (Å²) in [5, 5.41) is 0. The van der Waals surface area contributed by atoms with Crippen molar-refractivity contribution in [2.75, 3.05) is 13.1 Å². The molecule has 1 amide bonds. The van der Waals surface area contributed by atoms with E-state index in [1.54, 1.807) is 0 Å². The van der Waals surface area contributed by atoms with Gasteiger partial charge < -0.3 is 10.6 Å². The van der Waals surface area contributed by atoms with E-state index in [2.05, 4.69) is 0 Å². The smallest absolute Gasteiger partial charge is 0.342 e. The number of amides is 1. The highest BCUT2D eigenvalue weighted by atomic mass is 19.4. The van der Waals surface area contributed by atoms with E-state index < -0.39 is 12.6 Å². The van der Waals surface area contributed by atoms with Gasteiger partial charge in [0.1, 0.15) is 0 Å². The van der Waals surface area contributed by atoms with E-state index in [0.717, 1.165) is 32.1 Å². The van der Waals surface area contributed by atoms with Crippen LogP contribution < -0.4 is 5.73 Å². The molecule has 6 heteroatoms. The van der Waals surface area contributed by atoms with Crippen molar-refractivity contribution in [3.8, 4) is 0 Å². The molecule has 0 spiro atoms. The Labute approximate surface area is 123 Å². The van der Waals surface area contributed by atoms with Crippen molar-refractivity contribution in [2.24, 2.45) is 29.4 Å². The van der Waals surface area contributed by atoms with E-state index in [4.69, 9.17) is 5.73 Å². The Bertz CT molecular complexity index is 406. The molecule has 3 nitrogen and oxygen atoms in total. The Balaban J connectivity index is 1.65. The summed E-state index contributed by atoms with van der Waals surface area (Å²) in [6, 6.07) is -0.149. The van der Waals surface area contributed by atoms with Crippen molar-refractivity contribution in [3.63, 3.8) is 0 Å². The summed E-state index contributed by atoms with van der Waals surface area (Å²) in [7, 11) is 0. The van der Waals surface area contributed by atoms with Gasteiger partial charge in [-0.2, -0.15) is 13.2 Å². The average Bonchev–Trinajstić information content (AvgIpc) is 3.00. The van der Waals surface area contributed by atoms with E-state index in [1.165, 1.54) is 4.90 Å². The van der Waals surface area contributed by atoms with Crippen LogP contribution in [0.2, 0.25) is 0 Å². The minimum Gasteiger partial charge on any atom is -0.342 e. The van der Waals surface area contributed by atoms with E-state index in [0.29, 0.717) is 24.3 Å². The van der Waals surface area contributed by atoms with Crippen LogP contribution in [0.15, 0.2) is 0 Å². The van der Waals surface area contributed by atoms with E-state index in [-0.39, 0.29) is 24.4 Å². The molecule has 3 fully saturated rings. The lowest BCUT2D eigenvalue weighted by atomic mass is 9.84. The molecule has 0 saturated heterocycles. The first-order chi connectivity index (χ1) is 9.85. The van der Waals surface area contributed by atoms with Crippen LogP contribution in [-0.2, 0) is 4.79 Å². The molecule has 0 heterocycles. The van der Waals surface area contributed by atoms with Gasteiger partial charge in [-0.25, -0.2) is 0 Å². The second-order valence-corrected chi connectivity index (χ2v) is 7.03. The predicted molar refractivity (Wildman–Crippen MR) is 72.3 cm³/mol. The topological polar surface area (TPSA) is 46.3 Å². The molecule has 3 aliphatic rings. The number of rotatable bonds is 5. The molecule has 0 aromatic rings. The van der Waals surface area contributed by atoms with Crippen LogP contribution in [0.1, 0.15) is 38.5 Å². The number of nitrogens with zero attached hydrogens (tertiary/aromatic N) is 1. The summed E-state index contributed by atoms with van der Waals surface area (Å²) in [6.07, 6.45) is -0.0161. The van der Waals surface area contributed by atoms with Crippen LogP contribution >= 0.6 is 0 Å². The first kappa shape index (κ1) is 15.1. The zero-order chi connectivity index (χ0) is 15.2. The summed E-state index contributed by atoms with van der Waals surface area (Å²) in [5.41, 5.74) is 6.16. The average molecular weight is 304 g/mol. The van der Waals surface area contributed by atoms with Crippen LogP contribution in [0.25, 0.3) is 0 Å². The maximum Gasteiger partial charge on any atom is 0.390 e. The summed E-state index contributed by atoms with van der Waals surface area (Å²) in [6.45, 7) is 0.273. The maximum atomic E-state index is 12.7. The number of hydrogen-bond donors (Lipinski definition) is 1. The summed E-state index contributed by atoms with van der Waals surface area (Å²) < 4.78 is 37.4. The zero-order valence-electron chi connectivity index (χ0n) is 12.1. The molecule has 0 aliphatic heterocycles. The molecule has 0 radical (unpaired) electrons. The van der Waals surface area contributed by atoms with Crippen molar-refractivity contribution in [1.82, 2.24) is 4.90 Å². The van der Waals surface area contributed by atoms with Gasteiger partial charge in [-0.15, -0.1) is 0 Å². The molecule has 0 aromatic carbocycles. The van der Waals surface area contributed by atoms with Crippen molar-refractivity contribution >= 4 is 5.91 Å². The number of carbonyl (C=O) groups is 1. The third-order valence-electron chi connectivity index (χ3n) is 5.42. The van der Waals surface area contributed by atoms with Crippen LogP contribution in [0.4, 0.5) is 13.2 Å². The number of nitrogens with two attached hydrogens (primary N) is 1. The zero-order valence-corrected chi connectivity index (χ0v) is 12.1. The number of hydrogen-bond acceptors (Lipinski definition) is 2. The van der Waals surface area contributed by atoms with Crippen LogP contribution in [0, 0.1) is 23.7 Å². The standard InChI is InChI=1S/C15H23F3N2O/c16-15(17,18)5-6-20(8-9-1-2-9)14(21)12-10-3-4-11(7-10)13(12)19/h9-13H,1-8,19H2/t10-,11-,12-,13+/m0/s1. The first-order valence-corrected chi connectivity index (χ1v) is 7.96. The van der Waals surface area contributed by atoms with E-state index in [1.807, 2.05) is 0 Å². The van der Waals surface area contributed by atoms with Crippen molar-refractivity contribution in [1.29, 1.82) is 0 Å². The Morgan fingerprint density at radius 2 is 1.81 bits per heavy atom. The summed E-state index contributed by atoms with van der Waals surface area (Å²) >= 11 is 0. The fourth-order valence-electron chi connectivity index (χ4n) is 4.08. The highest BCUT2D eigenvalue weighted by Gasteiger charge is 2.50. The largest absolute Gasteiger partial charge is 0.390 e. The highest BCUT2D eigenvalue weighted by Crippen LogP contribution is 2.48. The molecule has 3 saturated carbocycles. The number of alkyl halides is 3. The summed E-state index contributed by atoms with van der Waals surface area (Å²) in [4.78, 5) is 14.2. The minimum atomic E-state index is -4.21. The van der Waals surface area contributed by atoms with Gasteiger partial charge in [-0.3, -0.25) is 4.79 Å². The van der Waals surface area contributed by atoms with Gasteiger partial charge in [0.25, 0.3) is 0 Å². The molecule has 0 unspecified atom stereocenters. The molecule has 120 valence electrons. The summed E-state index contributed by atoms with van der Waals surface area (Å²) in [5.74, 6) is 0.734. The fourth-order valence-corrected chi connectivity index (χ4v) is 4.08. The quantitative estimate of drug-likeness (QED) is 0.848. The van der Waals surface area contributed by atoms with Gasteiger partial charge in [0.2, 0.25) is 5.91 Å². The van der Waals surface area contributed by atoms with Crippen molar-refractivity contribution < 1.29 is 18.0 Å². The molecule has 21 heavy (non-hydrogen) atoms. The Hall–Kier alpha value is -0.780. The Morgan fingerprint density at radius 1 is 1.14 bits per heavy atom. The van der Waals surface area contributed by atoms with Crippen LogP contribution in [-0.4, -0.2) is 36.1 Å². The molecule has 3 aliphatic carbocycles.